The van der Waals surface area contributed by atoms with Gasteiger partial charge in [-0.3, -0.25) is 4.68 Å². The maximum absolute atomic E-state index is 4.28. The molecule has 0 radical (unpaired) electrons. The van der Waals surface area contributed by atoms with Crippen molar-refractivity contribution in [2.24, 2.45) is 13.0 Å². The average Bonchev–Trinajstić information content (AvgIpc) is 3.04. The number of hydrogen-bond acceptors (Lipinski definition) is 2. The Balaban J connectivity index is 1.72. The lowest BCUT2D eigenvalue weighted by atomic mass is 9.92. The van der Waals surface area contributed by atoms with E-state index < -0.39 is 0 Å². The summed E-state index contributed by atoms with van der Waals surface area (Å²) in [6, 6.07) is 9.41. The third kappa shape index (κ3) is 2.78. The first-order chi connectivity index (χ1) is 9.76. The highest BCUT2D eigenvalue weighted by Gasteiger charge is 2.28. The van der Waals surface area contributed by atoms with E-state index in [9.17, 15) is 0 Å². The quantitative estimate of drug-likeness (QED) is 0.903. The van der Waals surface area contributed by atoms with Gasteiger partial charge in [0, 0.05) is 19.3 Å². The highest BCUT2D eigenvalue weighted by atomic mass is 15.2. The lowest BCUT2D eigenvalue weighted by Crippen LogP contribution is -2.38. The van der Waals surface area contributed by atoms with Crippen molar-refractivity contribution < 1.29 is 0 Å². The summed E-state index contributed by atoms with van der Waals surface area (Å²) in [6.07, 6.45) is 7.60. The topological polar surface area (TPSA) is 29.9 Å². The summed E-state index contributed by atoms with van der Waals surface area (Å²) < 4.78 is 1.89. The Morgan fingerprint density at radius 2 is 2.00 bits per heavy atom. The second kappa shape index (κ2) is 5.80. The zero-order valence-electron chi connectivity index (χ0n) is 12.3. The van der Waals surface area contributed by atoms with Crippen LogP contribution in [0.3, 0.4) is 0 Å². The molecule has 1 aliphatic rings. The first kappa shape index (κ1) is 13.4. The molecule has 0 fully saturated rings. The maximum Gasteiger partial charge on any atom is 0.0522 e. The van der Waals surface area contributed by atoms with E-state index in [4.69, 9.17) is 0 Å². The average molecular weight is 269 g/mol. The number of rotatable bonds is 5. The molecule has 106 valence electrons. The minimum Gasteiger partial charge on any atom is -0.314 e. The van der Waals surface area contributed by atoms with Crippen LogP contribution in [0.15, 0.2) is 36.7 Å². The van der Waals surface area contributed by atoms with Crippen LogP contribution in [0.2, 0.25) is 0 Å². The molecule has 1 unspecified atom stereocenters. The Hall–Kier alpha value is -1.61. The molecular formula is C17H23N3. The molecule has 3 rings (SSSR count). The molecule has 3 heteroatoms. The molecule has 1 aromatic carbocycles. The lowest BCUT2D eigenvalue weighted by Gasteiger charge is -2.24. The van der Waals surface area contributed by atoms with Gasteiger partial charge in [-0.25, -0.2) is 0 Å². The molecule has 1 aromatic heterocycles. The van der Waals surface area contributed by atoms with Crippen molar-refractivity contribution in [3.05, 3.63) is 53.3 Å². The van der Waals surface area contributed by atoms with Crippen LogP contribution in [0.5, 0.6) is 0 Å². The molecule has 2 aromatic rings. The van der Waals surface area contributed by atoms with Gasteiger partial charge in [-0.1, -0.05) is 31.2 Å². The molecular weight excluding hydrogens is 246 g/mol. The molecule has 1 aliphatic carbocycles. The SMILES string of the molecule is CCNC(Cc1cnn(C)c1)C1Cc2ccccc2C1. The lowest BCUT2D eigenvalue weighted by molar-refractivity contribution is 0.368. The van der Waals surface area contributed by atoms with Gasteiger partial charge in [-0.15, -0.1) is 0 Å². The van der Waals surface area contributed by atoms with Crippen LogP contribution < -0.4 is 5.32 Å². The maximum atomic E-state index is 4.28. The Kier molecular flexibility index (Phi) is 3.88. The largest absolute Gasteiger partial charge is 0.314 e. The fraction of sp³-hybridized carbons (Fsp3) is 0.471. The third-order valence-corrected chi connectivity index (χ3v) is 4.33. The highest BCUT2D eigenvalue weighted by molar-refractivity contribution is 5.32. The monoisotopic (exact) mass is 269 g/mol. The molecule has 0 saturated carbocycles. The standard InChI is InChI=1S/C17H23N3/c1-3-18-17(8-13-11-19-20(2)12-13)16-9-14-6-4-5-7-15(14)10-16/h4-7,11-12,16-18H,3,8-10H2,1-2H3. The summed E-state index contributed by atoms with van der Waals surface area (Å²) >= 11 is 0. The fourth-order valence-corrected chi connectivity index (χ4v) is 3.38. The van der Waals surface area contributed by atoms with Crippen LogP contribution in [-0.4, -0.2) is 22.4 Å². The van der Waals surface area contributed by atoms with Gasteiger partial charge in [-0.2, -0.15) is 5.10 Å². The fourth-order valence-electron chi connectivity index (χ4n) is 3.38. The van der Waals surface area contributed by atoms with Crippen molar-refractivity contribution in [2.75, 3.05) is 6.54 Å². The van der Waals surface area contributed by atoms with Gasteiger partial charge in [-0.05, 0) is 48.4 Å². The van der Waals surface area contributed by atoms with Crippen LogP contribution in [0.25, 0.3) is 0 Å². The Morgan fingerprint density at radius 3 is 2.55 bits per heavy atom. The number of nitrogens with zero attached hydrogens (tertiary/aromatic N) is 2. The van der Waals surface area contributed by atoms with Gasteiger partial charge < -0.3 is 5.32 Å². The molecule has 0 amide bonds. The molecule has 0 bridgehead atoms. The van der Waals surface area contributed by atoms with Crippen molar-refractivity contribution in [3.8, 4) is 0 Å². The number of aromatic nitrogens is 2. The normalized spacial score (nSPS) is 16.3. The van der Waals surface area contributed by atoms with E-state index in [0.29, 0.717) is 12.0 Å². The van der Waals surface area contributed by atoms with Gasteiger partial charge in [0.25, 0.3) is 0 Å². The molecule has 3 nitrogen and oxygen atoms in total. The smallest absolute Gasteiger partial charge is 0.0522 e. The molecule has 0 aliphatic heterocycles. The first-order valence-corrected chi connectivity index (χ1v) is 7.54. The molecule has 0 saturated heterocycles. The predicted octanol–water partition coefficient (Wildman–Crippen LogP) is 2.36. The van der Waals surface area contributed by atoms with Crippen LogP contribution in [0, 0.1) is 5.92 Å². The summed E-state index contributed by atoms with van der Waals surface area (Å²) in [6.45, 7) is 3.22. The first-order valence-electron chi connectivity index (χ1n) is 7.54. The van der Waals surface area contributed by atoms with Crippen molar-refractivity contribution in [2.45, 2.75) is 32.2 Å². The van der Waals surface area contributed by atoms with Gasteiger partial charge in [0.15, 0.2) is 0 Å². The van der Waals surface area contributed by atoms with E-state index in [1.165, 1.54) is 29.5 Å². The highest BCUT2D eigenvalue weighted by Crippen LogP contribution is 2.29. The number of nitrogens with one attached hydrogen (secondary N) is 1. The van der Waals surface area contributed by atoms with E-state index in [-0.39, 0.29) is 0 Å². The van der Waals surface area contributed by atoms with Crippen molar-refractivity contribution in [1.82, 2.24) is 15.1 Å². The molecule has 1 N–H and O–H groups in total. The Morgan fingerprint density at radius 1 is 1.30 bits per heavy atom. The molecule has 20 heavy (non-hydrogen) atoms. The third-order valence-electron chi connectivity index (χ3n) is 4.33. The Labute approximate surface area is 121 Å². The van der Waals surface area contributed by atoms with Gasteiger partial charge >= 0.3 is 0 Å². The summed E-state index contributed by atoms with van der Waals surface area (Å²) in [7, 11) is 1.98. The number of likely N-dealkylation sites (N-methyl/N-ethyl adjacent to an activating group) is 1. The number of fused-ring (bicyclic) bond motifs is 1. The van der Waals surface area contributed by atoms with Crippen LogP contribution in [-0.2, 0) is 26.3 Å². The van der Waals surface area contributed by atoms with Crippen LogP contribution in [0.1, 0.15) is 23.6 Å². The predicted molar refractivity (Wildman–Crippen MR) is 81.7 cm³/mol. The van der Waals surface area contributed by atoms with Gasteiger partial charge in [0.2, 0.25) is 0 Å². The number of aryl methyl sites for hydroxylation is 1. The van der Waals surface area contributed by atoms with Crippen molar-refractivity contribution >= 4 is 0 Å². The van der Waals surface area contributed by atoms with Gasteiger partial charge in [0.1, 0.15) is 0 Å². The number of hydrogen-bond donors (Lipinski definition) is 1. The van der Waals surface area contributed by atoms with E-state index in [2.05, 4.69) is 47.8 Å². The van der Waals surface area contributed by atoms with Crippen LogP contribution >= 0.6 is 0 Å². The zero-order chi connectivity index (χ0) is 13.9. The Bertz CT molecular complexity index is 548. The van der Waals surface area contributed by atoms with E-state index in [1.807, 2.05) is 17.9 Å². The minimum atomic E-state index is 0.539. The summed E-state index contributed by atoms with van der Waals surface area (Å²) in [5.74, 6) is 0.701. The van der Waals surface area contributed by atoms with E-state index in [1.54, 1.807) is 0 Å². The molecule has 1 atom stereocenters. The summed E-state index contributed by atoms with van der Waals surface area (Å²) in [5.41, 5.74) is 4.40. The second-order valence-corrected chi connectivity index (χ2v) is 5.83. The van der Waals surface area contributed by atoms with Crippen molar-refractivity contribution in [3.63, 3.8) is 0 Å². The molecule has 0 spiro atoms. The van der Waals surface area contributed by atoms with Crippen molar-refractivity contribution in [1.29, 1.82) is 0 Å². The van der Waals surface area contributed by atoms with E-state index >= 15 is 0 Å². The summed E-state index contributed by atoms with van der Waals surface area (Å²) in [5, 5.41) is 7.96. The summed E-state index contributed by atoms with van der Waals surface area (Å²) in [4.78, 5) is 0. The zero-order valence-corrected chi connectivity index (χ0v) is 12.3. The van der Waals surface area contributed by atoms with Gasteiger partial charge in [0.05, 0.1) is 6.20 Å². The van der Waals surface area contributed by atoms with Crippen LogP contribution in [0.4, 0.5) is 0 Å². The minimum absolute atomic E-state index is 0.539. The second-order valence-electron chi connectivity index (χ2n) is 5.83. The van der Waals surface area contributed by atoms with E-state index in [0.717, 1.165) is 13.0 Å². The molecule has 1 heterocycles. The number of benzene rings is 1.